The summed E-state index contributed by atoms with van der Waals surface area (Å²) in [6.07, 6.45) is 0. The maximum atomic E-state index is 4.29. The lowest BCUT2D eigenvalue weighted by atomic mass is 9.93. The van der Waals surface area contributed by atoms with Gasteiger partial charge in [0, 0.05) is 11.1 Å². The zero-order valence-electron chi connectivity index (χ0n) is 11.7. The molecule has 3 rings (SSSR count). The summed E-state index contributed by atoms with van der Waals surface area (Å²) in [4.78, 5) is 0. The molecule has 0 radical (unpaired) electrons. The SMILES string of the molecule is Cc1nnc(C)c(-c2ccccc2)c1-c1ccccc1. The highest BCUT2D eigenvalue weighted by Crippen LogP contribution is 2.35. The highest BCUT2D eigenvalue weighted by atomic mass is 15.1. The normalized spacial score (nSPS) is 10.5. The molecule has 20 heavy (non-hydrogen) atoms. The molecular weight excluding hydrogens is 244 g/mol. The fraction of sp³-hybridized carbons (Fsp3) is 0.111. The summed E-state index contributed by atoms with van der Waals surface area (Å²) >= 11 is 0. The van der Waals surface area contributed by atoms with Gasteiger partial charge in [-0.05, 0) is 25.0 Å². The second kappa shape index (κ2) is 5.25. The molecule has 0 fully saturated rings. The third-order valence-corrected chi connectivity index (χ3v) is 3.45. The number of benzene rings is 2. The first-order valence-corrected chi connectivity index (χ1v) is 6.72. The Balaban J connectivity index is 2.32. The van der Waals surface area contributed by atoms with E-state index in [0.717, 1.165) is 11.4 Å². The standard InChI is InChI=1S/C18H16N2/c1-13-17(15-9-5-3-6-10-15)18(14(2)20-19-13)16-11-7-4-8-12-16/h3-12H,1-2H3. The van der Waals surface area contributed by atoms with Crippen molar-refractivity contribution in [3.8, 4) is 22.3 Å². The topological polar surface area (TPSA) is 25.8 Å². The van der Waals surface area contributed by atoms with Crippen LogP contribution in [0.25, 0.3) is 22.3 Å². The van der Waals surface area contributed by atoms with Gasteiger partial charge >= 0.3 is 0 Å². The Labute approximate surface area is 119 Å². The van der Waals surface area contributed by atoms with Gasteiger partial charge in [0.25, 0.3) is 0 Å². The summed E-state index contributed by atoms with van der Waals surface area (Å²) in [5.41, 5.74) is 6.62. The number of aryl methyl sites for hydroxylation is 2. The minimum Gasteiger partial charge on any atom is -0.155 e. The predicted molar refractivity (Wildman–Crippen MR) is 82.4 cm³/mol. The van der Waals surface area contributed by atoms with Crippen molar-refractivity contribution in [3.63, 3.8) is 0 Å². The largest absolute Gasteiger partial charge is 0.155 e. The Morgan fingerprint density at radius 1 is 0.550 bits per heavy atom. The maximum Gasteiger partial charge on any atom is 0.0684 e. The molecule has 0 aliphatic heterocycles. The lowest BCUT2D eigenvalue weighted by Gasteiger charge is -2.14. The summed E-state index contributed by atoms with van der Waals surface area (Å²) in [6.45, 7) is 4.03. The van der Waals surface area contributed by atoms with Crippen LogP contribution in [0.15, 0.2) is 60.7 Å². The van der Waals surface area contributed by atoms with E-state index in [0.29, 0.717) is 0 Å². The lowest BCUT2D eigenvalue weighted by Crippen LogP contribution is -1.99. The Hall–Kier alpha value is -2.48. The van der Waals surface area contributed by atoms with Crippen LogP contribution in [0.4, 0.5) is 0 Å². The molecule has 0 unspecified atom stereocenters. The van der Waals surface area contributed by atoms with E-state index < -0.39 is 0 Å². The molecule has 0 saturated heterocycles. The molecular formula is C18H16N2. The van der Waals surface area contributed by atoms with Gasteiger partial charge in [0.05, 0.1) is 11.4 Å². The number of nitrogens with zero attached hydrogens (tertiary/aromatic N) is 2. The van der Waals surface area contributed by atoms with Crippen molar-refractivity contribution in [1.82, 2.24) is 10.2 Å². The van der Waals surface area contributed by atoms with Gasteiger partial charge in [0.2, 0.25) is 0 Å². The minimum absolute atomic E-state index is 0.959. The van der Waals surface area contributed by atoms with Crippen molar-refractivity contribution in [2.75, 3.05) is 0 Å². The number of aromatic nitrogens is 2. The first-order valence-electron chi connectivity index (χ1n) is 6.72. The average Bonchev–Trinajstić information content (AvgIpc) is 2.51. The van der Waals surface area contributed by atoms with E-state index in [-0.39, 0.29) is 0 Å². The van der Waals surface area contributed by atoms with Crippen LogP contribution in [0.2, 0.25) is 0 Å². The van der Waals surface area contributed by atoms with Crippen LogP contribution < -0.4 is 0 Å². The molecule has 1 aromatic heterocycles. The molecule has 1 heterocycles. The minimum atomic E-state index is 0.959. The van der Waals surface area contributed by atoms with Crippen molar-refractivity contribution in [2.45, 2.75) is 13.8 Å². The zero-order valence-corrected chi connectivity index (χ0v) is 11.7. The fourth-order valence-electron chi connectivity index (χ4n) is 2.53. The number of rotatable bonds is 2. The van der Waals surface area contributed by atoms with Crippen LogP contribution >= 0.6 is 0 Å². The molecule has 2 heteroatoms. The smallest absolute Gasteiger partial charge is 0.0684 e. The van der Waals surface area contributed by atoms with Crippen LogP contribution in [0, 0.1) is 13.8 Å². The molecule has 0 spiro atoms. The van der Waals surface area contributed by atoms with E-state index in [2.05, 4.69) is 58.7 Å². The molecule has 0 aliphatic rings. The molecule has 2 aromatic carbocycles. The van der Waals surface area contributed by atoms with Crippen molar-refractivity contribution in [1.29, 1.82) is 0 Å². The van der Waals surface area contributed by atoms with Crippen molar-refractivity contribution in [2.24, 2.45) is 0 Å². The van der Waals surface area contributed by atoms with Crippen LogP contribution in [0.1, 0.15) is 11.4 Å². The van der Waals surface area contributed by atoms with Crippen molar-refractivity contribution < 1.29 is 0 Å². The van der Waals surface area contributed by atoms with E-state index in [1.807, 2.05) is 26.0 Å². The zero-order chi connectivity index (χ0) is 13.9. The van der Waals surface area contributed by atoms with E-state index >= 15 is 0 Å². The van der Waals surface area contributed by atoms with Crippen LogP contribution in [0.3, 0.4) is 0 Å². The monoisotopic (exact) mass is 260 g/mol. The van der Waals surface area contributed by atoms with E-state index in [9.17, 15) is 0 Å². The van der Waals surface area contributed by atoms with Crippen molar-refractivity contribution in [3.05, 3.63) is 72.1 Å². The van der Waals surface area contributed by atoms with Gasteiger partial charge in [0.15, 0.2) is 0 Å². The van der Waals surface area contributed by atoms with Crippen LogP contribution in [-0.4, -0.2) is 10.2 Å². The Morgan fingerprint density at radius 3 is 1.25 bits per heavy atom. The Morgan fingerprint density at radius 2 is 0.900 bits per heavy atom. The van der Waals surface area contributed by atoms with Gasteiger partial charge in [-0.25, -0.2) is 0 Å². The Kier molecular flexibility index (Phi) is 3.30. The number of hydrogen-bond donors (Lipinski definition) is 0. The number of hydrogen-bond acceptors (Lipinski definition) is 2. The molecule has 2 nitrogen and oxygen atoms in total. The quantitative estimate of drug-likeness (QED) is 0.681. The van der Waals surface area contributed by atoms with Gasteiger partial charge in [-0.1, -0.05) is 60.7 Å². The summed E-state index contributed by atoms with van der Waals surface area (Å²) in [7, 11) is 0. The first-order chi connectivity index (χ1) is 9.77. The van der Waals surface area contributed by atoms with Gasteiger partial charge < -0.3 is 0 Å². The van der Waals surface area contributed by atoms with Crippen LogP contribution in [-0.2, 0) is 0 Å². The summed E-state index contributed by atoms with van der Waals surface area (Å²) in [6, 6.07) is 20.8. The molecule has 0 bridgehead atoms. The predicted octanol–water partition coefficient (Wildman–Crippen LogP) is 4.43. The molecule has 0 saturated carbocycles. The van der Waals surface area contributed by atoms with E-state index in [1.54, 1.807) is 0 Å². The fourth-order valence-corrected chi connectivity index (χ4v) is 2.53. The van der Waals surface area contributed by atoms with E-state index in [1.165, 1.54) is 22.3 Å². The third-order valence-electron chi connectivity index (χ3n) is 3.45. The lowest BCUT2D eigenvalue weighted by molar-refractivity contribution is 0.946. The van der Waals surface area contributed by atoms with Crippen LogP contribution in [0.5, 0.6) is 0 Å². The van der Waals surface area contributed by atoms with Crippen molar-refractivity contribution >= 4 is 0 Å². The molecule has 0 N–H and O–H groups in total. The van der Waals surface area contributed by atoms with Gasteiger partial charge in [0.1, 0.15) is 0 Å². The average molecular weight is 260 g/mol. The first kappa shape index (κ1) is 12.5. The molecule has 0 atom stereocenters. The van der Waals surface area contributed by atoms with E-state index in [4.69, 9.17) is 0 Å². The maximum absolute atomic E-state index is 4.29. The summed E-state index contributed by atoms with van der Waals surface area (Å²) in [5, 5.41) is 8.58. The third kappa shape index (κ3) is 2.21. The second-order valence-electron chi connectivity index (χ2n) is 4.85. The van der Waals surface area contributed by atoms with Gasteiger partial charge in [-0.2, -0.15) is 10.2 Å². The summed E-state index contributed by atoms with van der Waals surface area (Å²) < 4.78 is 0. The highest BCUT2D eigenvalue weighted by Gasteiger charge is 2.14. The molecule has 0 aliphatic carbocycles. The van der Waals surface area contributed by atoms with Gasteiger partial charge in [-0.15, -0.1) is 0 Å². The van der Waals surface area contributed by atoms with Gasteiger partial charge in [-0.3, -0.25) is 0 Å². The highest BCUT2D eigenvalue weighted by molar-refractivity contribution is 5.85. The molecule has 98 valence electrons. The molecule has 3 aromatic rings. The second-order valence-corrected chi connectivity index (χ2v) is 4.85. The Bertz CT molecular complexity index is 655. The summed E-state index contributed by atoms with van der Waals surface area (Å²) in [5.74, 6) is 0. The molecule has 0 amide bonds.